The Morgan fingerprint density at radius 1 is 0.330 bits per heavy atom. The van der Waals surface area contributed by atoms with Gasteiger partial charge in [-0.3, -0.25) is 0 Å². The highest BCUT2D eigenvalue weighted by Crippen LogP contribution is 2.50. The van der Waals surface area contributed by atoms with Gasteiger partial charge in [-0.15, -0.1) is 0 Å². The molecule has 0 bridgehead atoms. The molecule has 13 aromatic rings. The van der Waals surface area contributed by atoms with Gasteiger partial charge in [-0.1, -0.05) is 243 Å². The SMILES string of the molecule is CC(C)(C)c1ccc(-c2ccc3c(n2)c2nc(-c4ccc(C(C)(C)C)cc4)cc4c2n3-c2c3c5c(c6c2B4c2cc(C4CCCCC4)ccc2O6)-n2c4ccc(-c6ccc(C(C)(C)C)cc6)nc4c4nc(-c6ccc(C(C)(C)C)cc6)cc(c42)B5c2cc(C4CCCCC4)ccc2O3)cc1. The van der Waals surface area contributed by atoms with Gasteiger partial charge >= 0.3 is 0 Å². The molecular formula is C90H86B2N6O2. The third-order valence-electron chi connectivity index (χ3n) is 23.7. The van der Waals surface area contributed by atoms with Crippen LogP contribution in [0.5, 0.6) is 23.0 Å². The van der Waals surface area contributed by atoms with Gasteiger partial charge < -0.3 is 18.6 Å². The molecule has 0 radical (unpaired) electrons. The average Bonchev–Trinajstić information content (AvgIpc) is 1.32. The topological polar surface area (TPSA) is 79.9 Å². The van der Waals surface area contributed by atoms with E-state index in [1.807, 2.05) is 0 Å². The van der Waals surface area contributed by atoms with Crippen LogP contribution in [0.4, 0.5) is 0 Å². The lowest BCUT2D eigenvalue weighted by atomic mass is 9.31. The van der Waals surface area contributed by atoms with E-state index in [4.69, 9.17) is 29.4 Å². The number of pyridine rings is 4. The lowest BCUT2D eigenvalue weighted by molar-refractivity contribution is 0.442. The van der Waals surface area contributed by atoms with E-state index in [-0.39, 0.29) is 35.1 Å². The lowest BCUT2D eigenvalue weighted by Crippen LogP contribution is -2.63. The van der Waals surface area contributed by atoms with Crippen molar-refractivity contribution < 1.29 is 9.47 Å². The molecule has 19 rings (SSSR count). The third kappa shape index (κ3) is 9.53. The first-order valence-electron chi connectivity index (χ1n) is 37.1. The van der Waals surface area contributed by atoms with Crippen molar-refractivity contribution in [2.45, 2.75) is 181 Å². The molecule has 100 heavy (non-hydrogen) atoms. The number of ether oxygens (including phenoxy) is 2. The molecule has 10 heterocycles. The molecule has 0 spiro atoms. The number of hydrogen-bond acceptors (Lipinski definition) is 6. The second kappa shape index (κ2) is 22.0. The number of fused-ring (bicyclic) bond motifs is 16. The van der Waals surface area contributed by atoms with E-state index in [1.165, 1.54) is 119 Å². The normalized spacial score (nSPS) is 15.8. The molecule has 0 amide bonds. The van der Waals surface area contributed by atoms with E-state index < -0.39 is 0 Å². The van der Waals surface area contributed by atoms with Gasteiger partial charge in [-0.25, -0.2) is 19.9 Å². The van der Waals surface area contributed by atoms with Gasteiger partial charge in [0.1, 0.15) is 45.1 Å². The molecule has 0 N–H and O–H groups in total. The summed E-state index contributed by atoms with van der Waals surface area (Å²) in [5.74, 6) is 4.35. The monoisotopic (exact) mass is 1300 g/mol. The maximum Gasteiger partial charge on any atom is 0.256 e. The number of aromatic nitrogens is 6. The summed E-state index contributed by atoms with van der Waals surface area (Å²) >= 11 is 0. The second-order valence-electron chi connectivity index (χ2n) is 34.2. The molecule has 2 aliphatic carbocycles. The fourth-order valence-electron chi connectivity index (χ4n) is 18.1. The Morgan fingerprint density at radius 2 is 0.650 bits per heavy atom. The van der Waals surface area contributed by atoms with Crippen LogP contribution in [0, 0.1) is 0 Å². The summed E-state index contributed by atoms with van der Waals surface area (Å²) in [4.78, 5) is 23.5. The zero-order chi connectivity index (χ0) is 68.2. The molecule has 10 heteroatoms. The molecule has 6 aliphatic rings. The molecule has 8 nitrogen and oxygen atoms in total. The van der Waals surface area contributed by atoms with Crippen LogP contribution >= 0.6 is 0 Å². The Labute approximate surface area is 588 Å². The molecule has 2 saturated carbocycles. The predicted molar refractivity (Wildman–Crippen MR) is 417 cm³/mol. The summed E-state index contributed by atoms with van der Waals surface area (Å²) in [5, 5.41) is 0. The van der Waals surface area contributed by atoms with Crippen LogP contribution in [0.1, 0.15) is 193 Å². The Hall–Kier alpha value is -9.53. The largest absolute Gasteiger partial charge is 0.456 e. The molecule has 6 aromatic heterocycles. The third-order valence-corrected chi connectivity index (χ3v) is 23.7. The Kier molecular flexibility index (Phi) is 13.5. The fourth-order valence-corrected chi connectivity index (χ4v) is 18.1. The van der Waals surface area contributed by atoms with Gasteiger partial charge in [0, 0.05) is 33.2 Å². The number of rotatable bonds is 6. The molecule has 0 atom stereocenters. The van der Waals surface area contributed by atoms with Gasteiger partial charge in [-0.05, 0) is 163 Å². The van der Waals surface area contributed by atoms with Gasteiger partial charge in [0.05, 0.1) is 56.2 Å². The van der Waals surface area contributed by atoms with E-state index in [0.29, 0.717) is 11.8 Å². The minimum Gasteiger partial charge on any atom is -0.456 e. The highest BCUT2D eigenvalue weighted by atomic mass is 16.5. The van der Waals surface area contributed by atoms with E-state index in [2.05, 4.69) is 262 Å². The standard InChI is InChI=1S/C90H86B2N6O2/c1-87(2,3)59-33-23-53(24-34-59)67-41-43-71-77(93-67)79-81-65(49-69(95-79)55-27-37-61(38-28-55)89(7,8)9)91-63-47-57(51-19-15-13-16-20-51)31-45-73(63)100-86-75(91)83(97(71)81)85-76-84(86)98-72-44-42-68(54-25-35-60(36-26-54)88(4,5)6)94-78(72)80-82(98)66(50-70(96-80)56-29-39-62(40-30-56)90(10,11)12)92(76)64-48-58(32-46-74(64)99-85)52-21-17-14-18-22-52/h23-52H,13-22H2,1-12H3. The van der Waals surface area contributed by atoms with Crippen LogP contribution in [0.3, 0.4) is 0 Å². The first-order chi connectivity index (χ1) is 48.1. The Morgan fingerprint density at radius 3 is 0.980 bits per heavy atom. The van der Waals surface area contributed by atoms with Crippen molar-refractivity contribution in [3.63, 3.8) is 0 Å². The first kappa shape index (κ1) is 61.6. The van der Waals surface area contributed by atoms with Crippen LogP contribution in [0.15, 0.2) is 170 Å². The minimum absolute atomic E-state index is 0.00496. The van der Waals surface area contributed by atoms with Crippen LogP contribution < -0.4 is 42.3 Å². The molecule has 7 aromatic carbocycles. The molecule has 4 aliphatic heterocycles. The molecule has 2 fully saturated rings. The van der Waals surface area contributed by atoms with Crippen molar-refractivity contribution in [3.8, 4) is 79.4 Å². The second-order valence-corrected chi connectivity index (χ2v) is 34.2. The van der Waals surface area contributed by atoms with E-state index in [1.54, 1.807) is 0 Å². The quantitative estimate of drug-likeness (QED) is 0.154. The first-order valence-corrected chi connectivity index (χ1v) is 37.1. The summed E-state index contributed by atoms with van der Waals surface area (Å²) in [7, 11) is 0. The molecule has 494 valence electrons. The van der Waals surface area contributed by atoms with E-state index in [9.17, 15) is 0 Å². The molecule has 0 saturated heterocycles. The van der Waals surface area contributed by atoms with Crippen molar-refractivity contribution in [1.29, 1.82) is 0 Å². The maximum absolute atomic E-state index is 8.08. The zero-order valence-corrected chi connectivity index (χ0v) is 60.0. The van der Waals surface area contributed by atoms with Crippen molar-refractivity contribution in [2.75, 3.05) is 0 Å². The zero-order valence-electron chi connectivity index (χ0n) is 60.0. The Balaban J connectivity index is 0.953. The van der Waals surface area contributed by atoms with Crippen LogP contribution in [-0.4, -0.2) is 42.5 Å². The van der Waals surface area contributed by atoms with Crippen LogP contribution in [-0.2, 0) is 21.7 Å². The van der Waals surface area contributed by atoms with Gasteiger partial charge in [-0.2, -0.15) is 0 Å². The summed E-state index contributed by atoms with van der Waals surface area (Å²) in [6.07, 6.45) is 12.3. The number of benzene rings is 7. The van der Waals surface area contributed by atoms with Crippen molar-refractivity contribution in [3.05, 3.63) is 203 Å². The minimum atomic E-state index is -0.300. The summed E-state index contributed by atoms with van der Waals surface area (Å²) in [5.41, 5.74) is 32.2. The van der Waals surface area contributed by atoms with Crippen molar-refractivity contribution in [1.82, 2.24) is 29.1 Å². The number of hydrogen-bond donors (Lipinski definition) is 0. The number of nitrogens with zero attached hydrogens (tertiary/aromatic N) is 6. The summed E-state index contributed by atoms with van der Waals surface area (Å²) in [6, 6.07) is 64.8. The van der Waals surface area contributed by atoms with Gasteiger partial charge in [0.15, 0.2) is 0 Å². The molecule has 0 unspecified atom stereocenters. The maximum atomic E-state index is 8.08. The van der Waals surface area contributed by atoms with Crippen LogP contribution in [0.25, 0.3) is 101 Å². The summed E-state index contributed by atoms with van der Waals surface area (Å²) in [6.45, 7) is 26.8. The lowest BCUT2D eigenvalue weighted by Gasteiger charge is -2.41. The van der Waals surface area contributed by atoms with Gasteiger partial charge in [0.2, 0.25) is 0 Å². The summed E-state index contributed by atoms with van der Waals surface area (Å²) < 4.78 is 21.2. The van der Waals surface area contributed by atoms with E-state index in [0.717, 1.165) is 134 Å². The molecular weight excluding hydrogens is 1220 g/mol. The van der Waals surface area contributed by atoms with Crippen molar-refractivity contribution >= 4 is 90.3 Å². The van der Waals surface area contributed by atoms with Gasteiger partial charge in [0.25, 0.3) is 13.4 Å². The smallest absolute Gasteiger partial charge is 0.256 e. The predicted octanol–water partition coefficient (Wildman–Crippen LogP) is 19.3. The highest BCUT2D eigenvalue weighted by Gasteiger charge is 2.52. The van der Waals surface area contributed by atoms with Crippen molar-refractivity contribution in [2.24, 2.45) is 0 Å². The fraction of sp³-hybridized carbons (Fsp3) is 0.311. The average molecular weight is 1310 g/mol. The van der Waals surface area contributed by atoms with E-state index >= 15 is 0 Å². The Bertz CT molecular complexity index is 5240. The highest BCUT2D eigenvalue weighted by molar-refractivity contribution is 7.02. The van der Waals surface area contributed by atoms with Crippen LogP contribution in [0.2, 0.25) is 0 Å².